The van der Waals surface area contributed by atoms with E-state index in [0.717, 1.165) is 16.8 Å². The molecule has 1 aromatic heterocycles. The number of anilines is 1. The zero-order chi connectivity index (χ0) is 13.8. The third-order valence-electron chi connectivity index (χ3n) is 2.85. The minimum absolute atomic E-state index is 0.126. The SMILES string of the molecule is Cc1cccc(C)c1NC(=O)Cn1cc(CN)nn1. The Hall–Kier alpha value is -2.21. The van der Waals surface area contributed by atoms with Gasteiger partial charge in [0.1, 0.15) is 6.54 Å². The summed E-state index contributed by atoms with van der Waals surface area (Å²) in [6.07, 6.45) is 1.67. The number of aryl methyl sites for hydroxylation is 2. The second kappa shape index (κ2) is 5.62. The molecule has 0 radical (unpaired) electrons. The van der Waals surface area contributed by atoms with Gasteiger partial charge in [-0.2, -0.15) is 0 Å². The molecule has 2 aromatic rings. The van der Waals surface area contributed by atoms with Crippen LogP contribution in [0, 0.1) is 13.8 Å². The summed E-state index contributed by atoms with van der Waals surface area (Å²) < 4.78 is 1.48. The van der Waals surface area contributed by atoms with Crippen LogP contribution in [0.5, 0.6) is 0 Å². The van der Waals surface area contributed by atoms with Crippen LogP contribution in [0.15, 0.2) is 24.4 Å². The Morgan fingerprint density at radius 2 is 2.05 bits per heavy atom. The van der Waals surface area contributed by atoms with Crippen LogP contribution in [-0.4, -0.2) is 20.9 Å². The Balaban J connectivity index is 2.05. The van der Waals surface area contributed by atoms with Crippen LogP contribution in [-0.2, 0) is 17.9 Å². The van der Waals surface area contributed by atoms with E-state index in [1.54, 1.807) is 6.20 Å². The Kier molecular flexibility index (Phi) is 3.91. The third-order valence-corrected chi connectivity index (χ3v) is 2.85. The highest BCUT2D eigenvalue weighted by molar-refractivity contribution is 5.92. The van der Waals surface area contributed by atoms with E-state index in [4.69, 9.17) is 5.73 Å². The molecule has 0 spiro atoms. The third kappa shape index (κ3) is 3.17. The number of amides is 1. The van der Waals surface area contributed by atoms with Gasteiger partial charge in [-0.25, -0.2) is 4.68 Å². The van der Waals surface area contributed by atoms with Crippen LogP contribution in [0.3, 0.4) is 0 Å². The number of aromatic nitrogens is 3. The molecule has 2 rings (SSSR count). The number of rotatable bonds is 4. The molecule has 6 heteroatoms. The number of benzene rings is 1. The van der Waals surface area contributed by atoms with Gasteiger partial charge in [0.2, 0.25) is 5.91 Å². The van der Waals surface area contributed by atoms with Crippen molar-refractivity contribution in [1.82, 2.24) is 15.0 Å². The first kappa shape index (κ1) is 13.2. The molecule has 3 N–H and O–H groups in total. The van der Waals surface area contributed by atoms with Gasteiger partial charge < -0.3 is 11.1 Å². The number of para-hydroxylation sites is 1. The predicted octanol–water partition coefficient (Wildman–Crippen LogP) is 0.992. The lowest BCUT2D eigenvalue weighted by atomic mass is 10.1. The molecular weight excluding hydrogens is 242 g/mol. The Morgan fingerprint density at radius 1 is 1.37 bits per heavy atom. The van der Waals surface area contributed by atoms with Crippen molar-refractivity contribution in [2.24, 2.45) is 5.73 Å². The fraction of sp³-hybridized carbons (Fsp3) is 0.308. The smallest absolute Gasteiger partial charge is 0.246 e. The molecule has 0 atom stereocenters. The van der Waals surface area contributed by atoms with Gasteiger partial charge in [-0.1, -0.05) is 23.4 Å². The summed E-state index contributed by atoms with van der Waals surface area (Å²) in [7, 11) is 0. The lowest BCUT2D eigenvalue weighted by Crippen LogP contribution is -2.20. The van der Waals surface area contributed by atoms with Gasteiger partial charge in [0, 0.05) is 12.2 Å². The van der Waals surface area contributed by atoms with Gasteiger partial charge in [-0.05, 0) is 25.0 Å². The summed E-state index contributed by atoms with van der Waals surface area (Å²) in [4.78, 5) is 12.0. The standard InChI is InChI=1S/C13H17N5O/c1-9-4-3-5-10(2)13(9)15-12(19)8-18-7-11(6-14)16-17-18/h3-5,7H,6,8,14H2,1-2H3,(H,15,19). The fourth-order valence-electron chi connectivity index (χ4n) is 1.85. The van der Waals surface area contributed by atoms with E-state index in [0.29, 0.717) is 12.2 Å². The average molecular weight is 259 g/mol. The molecule has 19 heavy (non-hydrogen) atoms. The molecule has 0 aliphatic heterocycles. The topological polar surface area (TPSA) is 85.8 Å². The Bertz CT molecular complexity index is 570. The fourth-order valence-corrected chi connectivity index (χ4v) is 1.85. The molecule has 1 heterocycles. The van der Waals surface area contributed by atoms with Crippen molar-refractivity contribution in [2.45, 2.75) is 26.9 Å². The first-order chi connectivity index (χ1) is 9.10. The maximum Gasteiger partial charge on any atom is 0.246 e. The van der Waals surface area contributed by atoms with Gasteiger partial charge in [0.25, 0.3) is 0 Å². The molecule has 0 unspecified atom stereocenters. The summed E-state index contributed by atoms with van der Waals surface area (Å²) in [6, 6.07) is 5.89. The molecule has 1 aromatic carbocycles. The van der Waals surface area contributed by atoms with E-state index < -0.39 is 0 Å². The first-order valence-electron chi connectivity index (χ1n) is 6.05. The number of hydrogen-bond acceptors (Lipinski definition) is 4. The van der Waals surface area contributed by atoms with Crippen LogP contribution in [0.2, 0.25) is 0 Å². The lowest BCUT2D eigenvalue weighted by molar-refractivity contribution is -0.116. The predicted molar refractivity (Wildman–Crippen MR) is 72.5 cm³/mol. The first-order valence-corrected chi connectivity index (χ1v) is 6.05. The van der Waals surface area contributed by atoms with Crippen LogP contribution in [0.4, 0.5) is 5.69 Å². The van der Waals surface area contributed by atoms with Crippen LogP contribution >= 0.6 is 0 Å². The van der Waals surface area contributed by atoms with E-state index in [1.807, 2.05) is 32.0 Å². The minimum atomic E-state index is -0.133. The second-order valence-corrected chi connectivity index (χ2v) is 4.43. The monoisotopic (exact) mass is 259 g/mol. The van der Waals surface area contributed by atoms with Crippen molar-refractivity contribution in [3.63, 3.8) is 0 Å². The summed E-state index contributed by atoms with van der Waals surface area (Å²) in [5, 5.41) is 10.6. The molecule has 0 aliphatic carbocycles. The quantitative estimate of drug-likeness (QED) is 0.857. The molecule has 1 amide bonds. The Morgan fingerprint density at radius 3 is 2.63 bits per heavy atom. The summed E-state index contributed by atoms with van der Waals surface area (Å²) in [5.41, 5.74) is 9.03. The average Bonchev–Trinajstić information content (AvgIpc) is 2.81. The zero-order valence-electron chi connectivity index (χ0n) is 11.1. The maximum atomic E-state index is 12.0. The van der Waals surface area contributed by atoms with Gasteiger partial charge in [0.05, 0.1) is 11.9 Å². The lowest BCUT2D eigenvalue weighted by Gasteiger charge is -2.11. The van der Waals surface area contributed by atoms with E-state index in [-0.39, 0.29) is 12.5 Å². The van der Waals surface area contributed by atoms with E-state index in [1.165, 1.54) is 4.68 Å². The van der Waals surface area contributed by atoms with Gasteiger partial charge in [-0.3, -0.25) is 4.79 Å². The molecular formula is C13H17N5O. The molecule has 0 aliphatic rings. The summed E-state index contributed by atoms with van der Waals surface area (Å²) in [6.45, 7) is 4.37. The van der Waals surface area contributed by atoms with E-state index >= 15 is 0 Å². The molecule has 0 fully saturated rings. The van der Waals surface area contributed by atoms with Crippen molar-refractivity contribution in [3.8, 4) is 0 Å². The highest BCUT2D eigenvalue weighted by Gasteiger charge is 2.09. The molecule has 100 valence electrons. The number of carbonyl (C=O) groups is 1. The van der Waals surface area contributed by atoms with Gasteiger partial charge in [0.15, 0.2) is 0 Å². The molecule has 0 saturated heterocycles. The zero-order valence-corrected chi connectivity index (χ0v) is 11.1. The number of nitrogens with zero attached hydrogens (tertiary/aromatic N) is 3. The van der Waals surface area contributed by atoms with Crippen LogP contribution < -0.4 is 11.1 Å². The second-order valence-electron chi connectivity index (χ2n) is 4.43. The van der Waals surface area contributed by atoms with Crippen molar-refractivity contribution < 1.29 is 4.79 Å². The number of nitrogens with one attached hydrogen (secondary N) is 1. The van der Waals surface area contributed by atoms with Crippen molar-refractivity contribution >= 4 is 11.6 Å². The highest BCUT2D eigenvalue weighted by atomic mass is 16.2. The summed E-state index contributed by atoms with van der Waals surface area (Å²) in [5.74, 6) is -0.133. The van der Waals surface area contributed by atoms with E-state index in [9.17, 15) is 4.79 Å². The minimum Gasteiger partial charge on any atom is -0.325 e. The van der Waals surface area contributed by atoms with Crippen molar-refractivity contribution in [1.29, 1.82) is 0 Å². The number of hydrogen-bond donors (Lipinski definition) is 2. The maximum absolute atomic E-state index is 12.0. The number of carbonyl (C=O) groups excluding carboxylic acids is 1. The molecule has 6 nitrogen and oxygen atoms in total. The van der Waals surface area contributed by atoms with E-state index in [2.05, 4.69) is 15.6 Å². The largest absolute Gasteiger partial charge is 0.325 e. The van der Waals surface area contributed by atoms with Crippen molar-refractivity contribution in [2.75, 3.05) is 5.32 Å². The van der Waals surface area contributed by atoms with Crippen molar-refractivity contribution in [3.05, 3.63) is 41.2 Å². The highest BCUT2D eigenvalue weighted by Crippen LogP contribution is 2.19. The van der Waals surface area contributed by atoms with Crippen LogP contribution in [0.1, 0.15) is 16.8 Å². The molecule has 0 saturated carbocycles. The number of nitrogens with two attached hydrogens (primary N) is 1. The van der Waals surface area contributed by atoms with Crippen LogP contribution in [0.25, 0.3) is 0 Å². The van der Waals surface area contributed by atoms with Gasteiger partial charge in [-0.15, -0.1) is 5.10 Å². The Labute approximate surface area is 111 Å². The summed E-state index contributed by atoms with van der Waals surface area (Å²) >= 11 is 0. The molecule has 0 bridgehead atoms. The normalized spacial score (nSPS) is 10.5. The van der Waals surface area contributed by atoms with Gasteiger partial charge >= 0.3 is 0 Å².